The lowest BCUT2D eigenvalue weighted by Crippen LogP contribution is -2.52. The average Bonchev–Trinajstić information content (AvgIpc) is 3.27. The molecule has 0 aromatic carbocycles. The second-order valence-electron chi connectivity index (χ2n) is 8.40. The van der Waals surface area contributed by atoms with Gasteiger partial charge in [-0.05, 0) is 38.8 Å². The van der Waals surface area contributed by atoms with Gasteiger partial charge in [0, 0.05) is 25.6 Å². The van der Waals surface area contributed by atoms with E-state index in [4.69, 9.17) is 0 Å². The molecule has 7 heteroatoms. The van der Waals surface area contributed by atoms with E-state index in [9.17, 15) is 14.7 Å². The molecule has 7 nitrogen and oxygen atoms in total. The lowest BCUT2D eigenvalue weighted by atomic mass is 9.73. The minimum Gasteiger partial charge on any atom is -0.481 e. The molecule has 142 valence electrons. The summed E-state index contributed by atoms with van der Waals surface area (Å²) >= 11 is 0. The lowest BCUT2D eigenvalue weighted by Gasteiger charge is -2.39. The van der Waals surface area contributed by atoms with Crippen LogP contribution in [0.15, 0.2) is 6.20 Å². The fraction of sp³-hybridized carbons (Fsp3) is 0.737. The molecular formula is C19H28N4O3. The van der Waals surface area contributed by atoms with E-state index in [0.29, 0.717) is 31.1 Å². The van der Waals surface area contributed by atoms with Crippen LogP contribution in [0.25, 0.3) is 0 Å². The molecule has 1 saturated carbocycles. The van der Waals surface area contributed by atoms with E-state index in [1.807, 2.05) is 7.05 Å². The Hall–Kier alpha value is -1.89. The highest BCUT2D eigenvalue weighted by Crippen LogP contribution is 2.43. The molecule has 2 atom stereocenters. The van der Waals surface area contributed by atoms with Crippen molar-refractivity contribution in [3.8, 4) is 0 Å². The molecule has 3 heterocycles. The van der Waals surface area contributed by atoms with Crippen LogP contribution >= 0.6 is 0 Å². The van der Waals surface area contributed by atoms with Crippen molar-refractivity contribution >= 4 is 11.9 Å². The highest BCUT2D eigenvalue weighted by atomic mass is 16.4. The molecule has 3 aliphatic rings. The molecule has 3 fully saturated rings. The Bertz CT molecular complexity index is 697. The molecule has 2 N–H and O–H groups in total. The number of aromatic amines is 1. The van der Waals surface area contributed by atoms with Gasteiger partial charge >= 0.3 is 5.97 Å². The average molecular weight is 360 g/mol. The fourth-order valence-corrected chi connectivity index (χ4v) is 5.26. The molecule has 1 aliphatic carbocycles. The summed E-state index contributed by atoms with van der Waals surface area (Å²) in [6.07, 6.45) is 8.29. The number of amides is 1. The van der Waals surface area contributed by atoms with Crippen LogP contribution in [-0.2, 0) is 4.79 Å². The Labute approximate surface area is 153 Å². The molecule has 0 unspecified atom stereocenters. The third-order valence-corrected chi connectivity index (χ3v) is 6.73. The highest BCUT2D eigenvalue weighted by molar-refractivity contribution is 5.96. The Balaban J connectivity index is 1.57. The minimum atomic E-state index is -0.836. The summed E-state index contributed by atoms with van der Waals surface area (Å²) in [5.41, 5.74) is 0.757. The van der Waals surface area contributed by atoms with Gasteiger partial charge in [0.05, 0.1) is 17.5 Å². The zero-order valence-corrected chi connectivity index (χ0v) is 15.4. The Morgan fingerprint density at radius 1 is 1.23 bits per heavy atom. The van der Waals surface area contributed by atoms with Crippen LogP contribution in [0.5, 0.6) is 0 Å². The van der Waals surface area contributed by atoms with Gasteiger partial charge in [0.15, 0.2) is 0 Å². The van der Waals surface area contributed by atoms with Gasteiger partial charge in [0.1, 0.15) is 5.41 Å². The molecule has 2 saturated heterocycles. The maximum atomic E-state index is 13.2. The summed E-state index contributed by atoms with van der Waals surface area (Å²) in [4.78, 5) is 29.1. The molecule has 2 aliphatic heterocycles. The van der Waals surface area contributed by atoms with Gasteiger partial charge in [-0.3, -0.25) is 14.7 Å². The summed E-state index contributed by atoms with van der Waals surface area (Å²) in [6.45, 7) is 2.23. The topological polar surface area (TPSA) is 89.5 Å². The van der Waals surface area contributed by atoms with E-state index in [1.54, 1.807) is 11.1 Å². The van der Waals surface area contributed by atoms with Crippen molar-refractivity contribution in [2.24, 2.45) is 11.3 Å². The van der Waals surface area contributed by atoms with Gasteiger partial charge in [-0.2, -0.15) is 5.10 Å². The number of likely N-dealkylation sites (tertiary alicyclic amines) is 2. The van der Waals surface area contributed by atoms with Crippen molar-refractivity contribution in [3.63, 3.8) is 0 Å². The van der Waals surface area contributed by atoms with Gasteiger partial charge in [0.2, 0.25) is 0 Å². The zero-order valence-electron chi connectivity index (χ0n) is 15.4. The summed E-state index contributed by atoms with van der Waals surface area (Å²) in [7, 11) is 1.96. The minimum absolute atomic E-state index is 0.0326. The van der Waals surface area contributed by atoms with E-state index in [1.165, 1.54) is 19.3 Å². The van der Waals surface area contributed by atoms with Crippen LogP contribution in [0.1, 0.15) is 60.5 Å². The van der Waals surface area contributed by atoms with E-state index in [0.717, 1.165) is 31.5 Å². The van der Waals surface area contributed by atoms with Crippen molar-refractivity contribution < 1.29 is 14.7 Å². The number of nitrogens with one attached hydrogen (secondary N) is 1. The summed E-state index contributed by atoms with van der Waals surface area (Å²) in [5.74, 6) is -0.430. The largest absolute Gasteiger partial charge is 0.481 e. The fourth-order valence-electron chi connectivity index (χ4n) is 5.26. The quantitative estimate of drug-likeness (QED) is 0.860. The molecule has 0 radical (unpaired) electrons. The van der Waals surface area contributed by atoms with Crippen molar-refractivity contribution in [2.45, 2.75) is 44.4 Å². The number of hydrogen-bond acceptors (Lipinski definition) is 4. The SMILES string of the molecule is CN1CC[C@H]2CN(C(=O)c3cn[nH]c3C3CCCCC3)C[C@@]2(C(=O)O)C1. The normalized spacial score (nSPS) is 30.3. The van der Waals surface area contributed by atoms with E-state index >= 15 is 0 Å². The number of carboxylic acid groups (broad SMARTS) is 1. The number of rotatable bonds is 3. The number of hydrogen-bond donors (Lipinski definition) is 2. The van der Waals surface area contributed by atoms with Gasteiger partial charge < -0.3 is 14.9 Å². The van der Waals surface area contributed by atoms with Crippen molar-refractivity contribution in [1.82, 2.24) is 20.0 Å². The number of nitrogens with zero attached hydrogens (tertiary/aromatic N) is 3. The Kier molecular flexibility index (Phi) is 4.50. The molecule has 4 rings (SSSR count). The van der Waals surface area contributed by atoms with Crippen molar-refractivity contribution in [2.75, 3.05) is 33.2 Å². The number of carboxylic acids is 1. The maximum absolute atomic E-state index is 13.2. The lowest BCUT2D eigenvalue weighted by molar-refractivity contribution is -0.153. The Morgan fingerprint density at radius 3 is 2.73 bits per heavy atom. The van der Waals surface area contributed by atoms with Gasteiger partial charge in [0.25, 0.3) is 5.91 Å². The van der Waals surface area contributed by atoms with Gasteiger partial charge in [-0.15, -0.1) is 0 Å². The van der Waals surface area contributed by atoms with Gasteiger partial charge in [-0.25, -0.2) is 0 Å². The molecule has 1 aromatic rings. The molecule has 0 bridgehead atoms. The van der Waals surface area contributed by atoms with Gasteiger partial charge in [-0.1, -0.05) is 19.3 Å². The standard InChI is InChI=1S/C19H28N4O3/c1-22-8-7-14-10-23(12-19(14,11-22)18(25)26)17(24)15-9-20-21-16(15)13-5-3-2-4-6-13/h9,13-14H,2-8,10-12H2,1H3,(H,20,21)(H,25,26)/t14-,19-/m0/s1. The van der Waals surface area contributed by atoms with Crippen molar-refractivity contribution in [1.29, 1.82) is 0 Å². The van der Waals surface area contributed by atoms with Crippen LogP contribution in [-0.4, -0.2) is 70.2 Å². The monoisotopic (exact) mass is 360 g/mol. The number of aliphatic carboxylic acids is 1. The molecule has 26 heavy (non-hydrogen) atoms. The third kappa shape index (κ3) is 2.82. The Morgan fingerprint density at radius 2 is 2.00 bits per heavy atom. The highest BCUT2D eigenvalue weighted by Gasteiger charge is 2.55. The van der Waals surface area contributed by atoms with E-state index in [2.05, 4.69) is 15.1 Å². The summed E-state index contributed by atoms with van der Waals surface area (Å²) < 4.78 is 0. The first-order valence-corrected chi connectivity index (χ1v) is 9.76. The van der Waals surface area contributed by atoms with Crippen LogP contribution in [0.2, 0.25) is 0 Å². The predicted molar refractivity (Wildman–Crippen MR) is 96.0 cm³/mol. The molecule has 1 amide bonds. The van der Waals surface area contributed by atoms with Crippen LogP contribution in [0.3, 0.4) is 0 Å². The number of fused-ring (bicyclic) bond motifs is 1. The number of aromatic nitrogens is 2. The predicted octanol–water partition coefficient (Wildman–Crippen LogP) is 1.94. The molecule has 1 aromatic heterocycles. The number of carbonyl (C=O) groups is 2. The first kappa shape index (κ1) is 17.5. The maximum Gasteiger partial charge on any atom is 0.313 e. The zero-order chi connectivity index (χ0) is 18.3. The third-order valence-electron chi connectivity index (χ3n) is 6.73. The van der Waals surface area contributed by atoms with Crippen LogP contribution in [0.4, 0.5) is 0 Å². The number of piperidine rings is 1. The smallest absolute Gasteiger partial charge is 0.313 e. The number of carbonyl (C=O) groups excluding carboxylic acids is 1. The van der Waals surface area contributed by atoms with Crippen molar-refractivity contribution in [3.05, 3.63) is 17.5 Å². The summed E-state index contributed by atoms with van der Waals surface area (Å²) in [5, 5.41) is 17.1. The van der Waals surface area contributed by atoms with Crippen LogP contribution in [0, 0.1) is 11.3 Å². The second-order valence-corrected chi connectivity index (χ2v) is 8.40. The first-order valence-electron chi connectivity index (χ1n) is 9.76. The number of H-pyrrole nitrogens is 1. The molecule has 0 spiro atoms. The van der Waals surface area contributed by atoms with E-state index in [-0.39, 0.29) is 11.8 Å². The van der Waals surface area contributed by atoms with Crippen LogP contribution < -0.4 is 0 Å². The molecular weight excluding hydrogens is 332 g/mol. The first-order chi connectivity index (χ1) is 12.5. The van der Waals surface area contributed by atoms with E-state index < -0.39 is 11.4 Å². The summed E-state index contributed by atoms with van der Waals surface area (Å²) in [6, 6.07) is 0. The second kappa shape index (κ2) is 6.68.